The van der Waals surface area contributed by atoms with Gasteiger partial charge < -0.3 is 10.3 Å². The van der Waals surface area contributed by atoms with Crippen LogP contribution in [0, 0.1) is 0 Å². The minimum Gasteiger partial charge on any atom is -0.356 e. The van der Waals surface area contributed by atoms with Crippen LogP contribution < -0.4 is 16.2 Å². The number of anilines is 2. The van der Waals surface area contributed by atoms with Crippen molar-refractivity contribution in [3.05, 3.63) is 6.07 Å². The standard InChI is InChI=1S/C10H17N5S/c1-16-10-12-8(14-11)7-9(13-10)15-5-3-2-4-6-15/h7H,2-6,11H2,1H3,(H,12,13,14). The van der Waals surface area contributed by atoms with Crippen molar-refractivity contribution in [1.82, 2.24) is 9.97 Å². The fourth-order valence-electron chi connectivity index (χ4n) is 1.86. The molecule has 0 aliphatic carbocycles. The van der Waals surface area contributed by atoms with Gasteiger partial charge in [0.15, 0.2) is 5.16 Å². The van der Waals surface area contributed by atoms with Crippen molar-refractivity contribution in [2.75, 3.05) is 29.7 Å². The number of rotatable bonds is 3. The van der Waals surface area contributed by atoms with Crippen LogP contribution in [0.15, 0.2) is 11.2 Å². The molecule has 16 heavy (non-hydrogen) atoms. The van der Waals surface area contributed by atoms with E-state index < -0.39 is 0 Å². The lowest BCUT2D eigenvalue weighted by Gasteiger charge is -2.28. The van der Waals surface area contributed by atoms with Crippen LogP contribution in [0.2, 0.25) is 0 Å². The second kappa shape index (κ2) is 5.36. The summed E-state index contributed by atoms with van der Waals surface area (Å²) in [6.45, 7) is 2.16. The number of nitrogens with two attached hydrogens (primary N) is 1. The average molecular weight is 239 g/mol. The predicted octanol–water partition coefficient (Wildman–Crippen LogP) is 1.47. The highest BCUT2D eigenvalue weighted by Gasteiger charge is 2.14. The van der Waals surface area contributed by atoms with E-state index in [1.54, 1.807) is 0 Å². The second-order valence-electron chi connectivity index (χ2n) is 3.79. The maximum atomic E-state index is 5.40. The van der Waals surface area contributed by atoms with Crippen LogP contribution >= 0.6 is 11.8 Å². The Morgan fingerprint density at radius 2 is 2.06 bits per heavy atom. The largest absolute Gasteiger partial charge is 0.356 e. The summed E-state index contributed by atoms with van der Waals surface area (Å²) in [5.74, 6) is 7.06. The van der Waals surface area contributed by atoms with Crippen molar-refractivity contribution >= 4 is 23.4 Å². The minimum absolute atomic E-state index is 0.680. The van der Waals surface area contributed by atoms with Crippen LogP contribution in [0.4, 0.5) is 11.6 Å². The number of thioether (sulfide) groups is 1. The molecule has 2 heterocycles. The molecular weight excluding hydrogens is 222 g/mol. The zero-order valence-electron chi connectivity index (χ0n) is 9.44. The Balaban J connectivity index is 2.24. The van der Waals surface area contributed by atoms with Crippen molar-refractivity contribution in [3.63, 3.8) is 0 Å². The second-order valence-corrected chi connectivity index (χ2v) is 4.56. The summed E-state index contributed by atoms with van der Waals surface area (Å²) in [5, 5.41) is 0.760. The fraction of sp³-hybridized carbons (Fsp3) is 0.600. The van der Waals surface area contributed by atoms with E-state index >= 15 is 0 Å². The van der Waals surface area contributed by atoms with Crippen molar-refractivity contribution in [3.8, 4) is 0 Å². The molecule has 1 aromatic rings. The summed E-state index contributed by atoms with van der Waals surface area (Å²) in [5.41, 5.74) is 2.59. The van der Waals surface area contributed by atoms with Gasteiger partial charge in [-0.05, 0) is 25.5 Å². The number of hydrazine groups is 1. The lowest BCUT2D eigenvalue weighted by molar-refractivity contribution is 0.571. The molecule has 0 amide bonds. The maximum absolute atomic E-state index is 5.40. The van der Waals surface area contributed by atoms with Gasteiger partial charge in [-0.25, -0.2) is 15.8 Å². The molecule has 1 saturated heterocycles. The molecule has 1 aliphatic heterocycles. The quantitative estimate of drug-likeness (QED) is 0.360. The van der Waals surface area contributed by atoms with Crippen LogP contribution in [0.25, 0.3) is 0 Å². The van der Waals surface area contributed by atoms with Crippen LogP contribution in [0.5, 0.6) is 0 Å². The molecular formula is C10H17N5S. The molecule has 0 unspecified atom stereocenters. The van der Waals surface area contributed by atoms with Gasteiger partial charge >= 0.3 is 0 Å². The fourth-order valence-corrected chi connectivity index (χ4v) is 2.24. The molecule has 1 aliphatic rings. The zero-order chi connectivity index (χ0) is 11.4. The molecule has 6 heteroatoms. The topological polar surface area (TPSA) is 67.1 Å². The lowest BCUT2D eigenvalue weighted by atomic mass is 10.1. The number of piperidine rings is 1. The molecule has 0 spiro atoms. The summed E-state index contributed by atoms with van der Waals surface area (Å²) in [6.07, 6.45) is 5.77. The zero-order valence-corrected chi connectivity index (χ0v) is 10.3. The summed E-state index contributed by atoms with van der Waals surface area (Å²) < 4.78 is 0. The van der Waals surface area contributed by atoms with E-state index in [0.29, 0.717) is 5.82 Å². The number of hydrogen-bond donors (Lipinski definition) is 2. The van der Waals surface area contributed by atoms with Crippen molar-refractivity contribution < 1.29 is 0 Å². The first kappa shape index (κ1) is 11.5. The molecule has 1 aromatic heterocycles. The van der Waals surface area contributed by atoms with Gasteiger partial charge in [0.1, 0.15) is 11.6 Å². The van der Waals surface area contributed by atoms with Crippen molar-refractivity contribution in [1.29, 1.82) is 0 Å². The highest BCUT2D eigenvalue weighted by molar-refractivity contribution is 7.98. The molecule has 1 fully saturated rings. The van der Waals surface area contributed by atoms with Gasteiger partial charge in [0.05, 0.1) is 0 Å². The first-order valence-corrected chi connectivity index (χ1v) is 6.70. The van der Waals surface area contributed by atoms with Crippen LogP contribution in [0.3, 0.4) is 0 Å². The molecule has 0 radical (unpaired) electrons. The number of nitrogens with one attached hydrogen (secondary N) is 1. The van der Waals surface area contributed by atoms with Crippen molar-refractivity contribution in [2.45, 2.75) is 24.4 Å². The monoisotopic (exact) mass is 239 g/mol. The molecule has 0 aromatic carbocycles. The number of hydrogen-bond acceptors (Lipinski definition) is 6. The van der Waals surface area contributed by atoms with E-state index in [4.69, 9.17) is 5.84 Å². The summed E-state index contributed by atoms with van der Waals surface area (Å²) in [4.78, 5) is 11.1. The first-order chi connectivity index (χ1) is 7.83. The van der Waals surface area contributed by atoms with Gasteiger partial charge in [0, 0.05) is 19.2 Å². The Morgan fingerprint density at radius 3 is 2.69 bits per heavy atom. The van der Waals surface area contributed by atoms with E-state index in [0.717, 1.165) is 24.1 Å². The Morgan fingerprint density at radius 1 is 1.31 bits per heavy atom. The third kappa shape index (κ3) is 2.56. The lowest BCUT2D eigenvalue weighted by Crippen LogP contribution is -2.30. The van der Waals surface area contributed by atoms with Crippen LogP contribution in [0.1, 0.15) is 19.3 Å². The minimum atomic E-state index is 0.680. The van der Waals surface area contributed by atoms with Crippen LogP contribution in [-0.2, 0) is 0 Å². The molecule has 88 valence electrons. The molecule has 0 atom stereocenters. The molecule has 0 saturated carbocycles. The normalized spacial score (nSPS) is 16.2. The van der Waals surface area contributed by atoms with Gasteiger partial charge in [-0.15, -0.1) is 0 Å². The smallest absolute Gasteiger partial charge is 0.191 e. The summed E-state index contributed by atoms with van der Waals surface area (Å²) >= 11 is 1.53. The average Bonchev–Trinajstić information content (AvgIpc) is 2.39. The van der Waals surface area contributed by atoms with E-state index in [1.807, 2.05) is 12.3 Å². The summed E-state index contributed by atoms with van der Waals surface area (Å²) in [6, 6.07) is 1.91. The molecule has 0 bridgehead atoms. The predicted molar refractivity (Wildman–Crippen MR) is 67.7 cm³/mol. The van der Waals surface area contributed by atoms with Crippen molar-refractivity contribution in [2.24, 2.45) is 5.84 Å². The highest BCUT2D eigenvalue weighted by atomic mass is 32.2. The Kier molecular flexibility index (Phi) is 3.84. The SMILES string of the molecule is CSc1nc(NN)cc(N2CCCCC2)n1. The Labute approximate surface area is 99.8 Å². The third-order valence-corrected chi connectivity index (χ3v) is 3.25. The van der Waals surface area contributed by atoms with Gasteiger partial charge in [-0.2, -0.15) is 0 Å². The van der Waals surface area contributed by atoms with Gasteiger partial charge in [-0.3, -0.25) is 0 Å². The maximum Gasteiger partial charge on any atom is 0.191 e. The molecule has 2 rings (SSSR count). The van der Waals surface area contributed by atoms with Gasteiger partial charge in [0.2, 0.25) is 0 Å². The molecule has 3 N–H and O–H groups in total. The third-order valence-electron chi connectivity index (χ3n) is 2.70. The first-order valence-electron chi connectivity index (χ1n) is 5.48. The van der Waals surface area contributed by atoms with Gasteiger partial charge in [-0.1, -0.05) is 11.8 Å². The van der Waals surface area contributed by atoms with Gasteiger partial charge in [0.25, 0.3) is 0 Å². The van der Waals surface area contributed by atoms with E-state index in [-0.39, 0.29) is 0 Å². The Bertz CT molecular complexity index is 329. The number of nitrogen functional groups attached to an aromatic ring is 1. The number of nitrogens with zero attached hydrogens (tertiary/aromatic N) is 3. The van der Waals surface area contributed by atoms with E-state index in [1.165, 1.54) is 31.0 Å². The van der Waals surface area contributed by atoms with Crippen LogP contribution in [-0.4, -0.2) is 29.3 Å². The van der Waals surface area contributed by atoms with E-state index in [9.17, 15) is 0 Å². The highest BCUT2D eigenvalue weighted by Crippen LogP contribution is 2.22. The number of aromatic nitrogens is 2. The molecule has 5 nitrogen and oxygen atoms in total. The van der Waals surface area contributed by atoms with E-state index in [2.05, 4.69) is 20.3 Å². The Hall–Kier alpha value is -1.01. The summed E-state index contributed by atoms with van der Waals surface area (Å²) in [7, 11) is 0.